The standard InChI is InChI=1S/C13H23ClN4/c1-9(2)17-7-4-5-11(6-8-17)18-13(15)12(14)10(3)16-18/h9,11H,4-8,15H2,1-3H3. The van der Waals surface area contributed by atoms with Crippen molar-refractivity contribution in [2.45, 2.75) is 52.1 Å². The number of rotatable bonds is 2. The maximum Gasteiger partial charge on any atom is 0.141 e. The van der Waals surface area contributed by atoms with E-state index >= 15 is 0 Å². The lowest BCUT2D eigenvalue weighted by molar-refractivity contribution is 0.227. The summed E-state index contributed by atoms with van der Waals surface area (Å²) in [7, 11) is 0. The zero-order chi connectivity index (χ0) is 13.3. The van der Waals surface area contributed by atoms with Gasteiger partial charge in [0.15, 0.2) is 0 Å². The number of nitrogen functional groups attached to an aromatic ring is 1. The van der Waals surface area contributed by atoms with Crippen LogP contribution in [0.3, 0.4) is 0 Å². The summed E-state index contributed by atoms with van der Waals surface area (Å²) >= 11 is 6.12. The molecule has 2 N–H and O–H groups in total. The first-order valence-corrected chi connectivity index (χ1v) is 7.12. The van der Waals surface area contributed by atoms with Crippen LogP contribution in [0.2, 0.25) is 5.02 Å². The number of anilines is 1. The average molecular weight is 271 g/mol. The van der Waals surface area contributed by atoms with Crippen molar-refractivity contribution < 1.29 is 0 Å². The van der Waals surface area contributed by atoms with Gasteiger partial charge in [-0.25, -0.2) is 4.68 Å². The van der Waals surface area contributed by atoms with Crippen LogP contribution in [-0.2, 0) is 0 Å². The van der Waals surface area contributed by atoms with Gasteiger partial charge in [0.05, 0.1) is 11.7 Å². The molecule has 0 aliphatic carbocycles. The van der Waals surface area contributed by atoms with Gasteiger partial charge < -0.3 is 10.6 Å². The van der Waals surface area contributed by atoms with E-state index in [1.165, 1.54) is 13.0 Å². The summed E-state index contributed by atoms with van der Waals surface area (Å²) in [6, 6.07) is 1.00. The minimum Gasteiger partial charge on any atom is -0.383 e. The fourth-order valence-corrected chi connectivity index (χ4v) is 2.81. The van der Waals surface area contributed by atoms with E-state index in [9.17, 15) is 0 Å². The van der Waals surface area contributed by atoms with Gasteiger partial charge in [0.1, 0.15) is 10.8 Å². The summed E-state index contributed by atoms with van der Waals surface area (Å²) in [6.07, 6.45) is 3.42. The molecule has 4 nitrogen and oxygen atoms in total. The van der Waals surface area contributed by atoms with E-state index in [1.54, 1.807) is 0 Å². The number of likely N-dealkylation sites (tertiary alicyclic amines) is 1. The highest BCUT2D eigenvalue weighted by atomic mass is 35.5. The molecular formula is C13H23ClN4. The highest BCUT2D eigenvalue weighted by Crippen LogP contribution is 2.30. The minimum absolute atomic E-state index is 0.389. The van der Waals surface area contributed by atoms with E-state index in [-0.39, 0.29) is 0 Å². The van der Waals surface area contributed by atoms with Gasteiger partial charge in [0.25, 0.3) is 0 Å². The van der Waals surface area contributed by atoms with E-state index < -0.39 is 0 Å². The van der Waals surface area contributed by atoms with Crippen LogP contribution < -0.4 is 5.73 Å². The fraction of sp³-hybridized carbons (Fsp3) is 0.769. The van der Waals surface area contributed by atoms with Crippen molar-refractivity contribution in [1.29, 1.82) is 0 Å². The SMILES string of the molecule is Cc1nn(C2CCCN(C(C)C)CC2)c(N)c1Cl. The Hall–Kier alpha value is -0.740. The average Bonchev–Trinajstić information content (AvgIpc) is 2.57. The van der Waals surface area contributed by atoms with Gasteiger partial charge in [-0.1, -0.05) is 11.6 Å². The van der Waals surface area contributed by atoms with Crippen molar-refractivity contribution in [3.63, 3.8) is 0 Å². The van der Waals surface area contributed by atoms with Gasteiger partial charge >= 0.3 is 0 Å². The van der Waals surface area contributed by atoms with Crippen molar-refractivity contribution in [3.05, 3.63) is 10.7 Å². The molecule has 1 aliphatic rings. The Kier molecular flexibility index (Phi) is 4.17. The van der Waals surface area contributed by atoms with Gasteiger partial charge in [-0.3, -0.25) is 0 Å². The second-order valence-corrected chi connectivity index (χ2v) is 5.82. The molecule has 102 valence electrons. The molecule has 0 spiro atoms. The van der Waals surface area contributed by atoms with E-state index in [4.69, 9.17) is 17.3 Å². The number of halogens is 1. The van der Waals surface area contributed by atoms with Crippen LogP contribution in [-0.4, -0.2) is 33.8 Å². The van der Waals surface area contributed by atoms with Crippen molar-refractivity contribution >= 4 is 17.4 Å². The number of nitrogens with zero attached hydrogens (tertiary/aromatic N) is 3. The van der Waals surface area contributed by atoms with Crippen LogP contribution in [0.25, 0.3) is 0 Å². The van der Waals surface area contributed by atoms with Crippen LogP contribution in [0.4, 0.5) is 5.82 Å². The van der Waals surface area contributed by atoms with Crippen molar-refractivity contribution in [3.8, 4) is 0 Å². The molecule has 1 aliphatic heterocycles. The summed E-state index contributed by atoms with van der Waals surface area (Å²) in [4.78, 5) is 2.52. The third-order valence-electron chi connectivity index (χ3n) is 3.86. The molecule has 18 heavy (non-hydrogen) atoms. The van der Waals surface area contributed by atoms with Crippen LogP contribution in [0.5, 0.6) is 0 Å². The molecule has 1 atom stereocenters. The van der Waals surface area contributed by atoms with Crippen LogP contribution in [0.1, 0.15) is 44.8 Å². The first kappa shape index (κ1) is 13.7. The van der Waals surface area contributed by atoms with Gasteiger partial charge in [0.2, 0.25) is 0 Å². The van der Waals surface area contributed by atoms with Crippen molar-refractivity contribution in [2.75, 3.05) is 18.8 Å². The smallest absolute Gasteiger partial charge is 0.141 e. The third kappa shape index (κ3) is 2.64. The predicted molar refractivity (Wildman–Crippen MR) is 76.0 cm³/mol. The second-order valence-electron chi connectivity index (χ2n) is 5.44. The van der Waals surface area contributed by atoms with E-state index in [1.807, 2.05) is 11.6 Å². The van der Waals surface area contributed by atoms with Crippen molar-refractivity contribution in [1.82, 2.24) is 14.7 Å². The number of hydrogen-bond donors (Lipinski definition) is 1. The highest BCUT2D eigenvalue weighted by molar-refractivity contribution is 6.33. The molecule has 2 rings (SSSR count). The number of hydrogen-bond acceptors (Lipinski definition) is 3. The number of nitrogens with two attached hydrogens (primary N) is 1. The van der Waals surface area contributed by atoms with E-state index in [0.29, 0.717) is 22.9 Å². The first-order chi connectivity index (χ1) is 8.50. The molecule has 0 radical (unpaired) electrons. The van der Waals surface area contributed by atoms with E-state index in [0.717, 1.165) is 25.1 Å². The van der Waals surface area contributed by atoms with Crippen LogP contribution >= 0.6 is 11.6 Å². The quantitative estimate of drug-likeness (QED) is 0.899. The summed E-state index contributed by atoms with van der Waals surface area (Å²) in [5, 5.41) is 5.10. The maximum atomic E-state index is 6.12. The monoisotopic (exact) mass is 270 g/mol. The Morgan fingerprint density at radius 2 is 2.06 bits per heavy atom. The Balaban J connectivity index is 2.12. The van der Waals surface area contributed by atoms with Gasteiger partial charge in [-0.05, 0) is 46.6 Å². The lowest BCUT2D eigenvalue weighted by Gasteiger charge is -2.24. The Morgan fingerprint density at radius 3 is 2.61 bits per heavy atom. The first-order valence-electron chi connectivity index (χ1n) is 6.74. The molecule has 1 fully saturated rings. The van der Waals surface area contributed by atoms with E-state index in [2.05, 4.69) is 23.8 Å². The predicted octanol–water partition coefficient (Wildman–Crippen LogP) is 2.86. The lowest BCUT2D eigenvalue weighted by atomic mass is 10.1. The normalized spacial score (nSPS) is 22.4. The molecule has 5 heteroatoms. The van der Waals surface area contributed by atoms with Gasteiger partial charge in [-0.15, -0.1) is 0 Å². The zero-order valence-corrected chi connectivity index (χ0v) is 12.2. The molecule has 1 saturated heterocycles. The summed E-state index contributed by atoms with van der Waals surface area (Å²) in [5.41, 5.74) is 6.87. The molecule has 0 saturated carbocycles. The molecule has 0 amide bonds. The molecule has 1 unspecified atom stereocenters. The molecule has 1 aromatic heterocycles. The Labute approximate surface area is 114 Å². The molecule has 0 aromatic carbocycles. The fourth-order valence-electron chi connectivity index (χ4n) is 2.69. The summed E-state index contributed by atoms with van der Waals surface area (Å²) < 4.78 is 1.93. The van der Waals surface area contributed by atoms with Crippen molar-refractivity contribution in [2.24, 2.45) is 0 Å². The summed E-state index contributed by atoms with van der Waals surface area (Å²) in [5.74, 6) is 0.622. The second kappa shape index (κ2) is 5.49. The molecule has 0 bridgehead atoms. The summed E-state index contributed by atoms with van der Waals surface area (Å²) in [6.45, 7) is 8.69. The molecule has 1 aromatic rings. The Bertz CT molecular complexity index is 413. The van der Waals surface area contributed by atoms with Gasteiger partial charge in [-0.2, -0.15) is 5.10 Å². The number of aromatic nitrogens is 2. The lowest BCUT2D eigenvalue weighted by Crippen LogP contribution is -2.31. The largest absolute Gasteiger partial charge is 0.383 e. The highest BCUT2D eigenvalue weighted by Gasteiger charge is 2.23. The van der Waals surface area contributed by atoms with Gasteiger partial charge in [0, 0.05) is 12.6 Å². The maximum absolute atomic E-state index is 6.12. The number of aryl methyl sites for hydroxylation is 1. The van der Waals surface area contributed by atoms with Crippen LogP contribution in [0, 0.1) is 6.92 Å². The molecular weight excluding hydrogens is 248 g/mol. The topological polar surface area (TPSA) is 47.1 Å². The third-order valence-corrected chi connectivity index (χ3v) is 4.32. The Morgan fingerprint density at radius 1 is 1.33 bits per heavy atom. The van der Waals surface area contributed by atoms with Crippen LogP contribution in [0.15, 0.2) is 0 Å². The zero-order valence-electron chi connectivity index (χ0n) is 11.5. The minimum atomic E-state index is 0.389. The molecule has 2 heterocycles.